The molecule has 3 rings (SSSR count). The number of fused-ring (bicyclic) bond motifs is 1. The summed E-state index contributed by atoms with van der Waals surface area (Å²) in [5.74, 6) is -3.67. The summed E-state index contributed by atoms with van der Waals surface area (Å²) >= 11 is 0. The molecule has 0 aromatic heterocycles. The van der Waals surface area contributed by atoms with Gasteiger partial charge >= 0.3 is 18.0 Å². The minimum Gasteiger partial charge on any atom is -0.454 e. The number of amides is 3. The maximum Gasteiger partial charge on any atom is 0.412 e. The third kappa shape index (κ3) is 13.0. The molecule has 0 spiro atoms. The number of rotatable bonds is 22. The molecule has 0 radical (unpaired) electrons. The van der Waals surface area contributed by atoms with E-state index in [9.17, 15) is 29.1 Å². The van der Waals surface area contributed by atoms with Crippen LogP contribution in [0.5, 0.6) is 11.5 Å². The molecular formula is C37H53N3O13. The van der Waals surface area contributed by atoms with Gasteiger partial charge in [0.15, 0.2) is 36.1 Å². The molecule has 0 bridgehead atoms. The number of anilines is 1. The summed E-state index contributed by atoms with van der Waals surface area (Å²) in [7, 11) is 1.25. The Kier molecular flexibility index (Phi) is 18.1. The molecule has 1 fully saturated rings. The van der Waals surface area contributed by atoms with Crippen LogP contribution < -0.4 is 25.4 Å². The summed E-state index contributed by atoms with van der Waals surface area (Å²) in [6.45, 7) is 11.5. The first-order valence-electron chi connectivity index (χ1n) is 17.9. The lowest BCUT2D eigenvalue weighted by atomic mass is 9.96. The maximum atomic E-state index is 13.8. The van der Waals surface area contributed by atoms with Crippen LogP contribution in [0.4, 0.5) is 10.5 Å². The van der Waals surface area contributed by atoms with E-state index in [4.69, 9.17) is 33.2 Å². The zero-order chi connectivity index (χ0) is 38.8. The molecule has 53 heavy (non-hydrogen) atoms. The molecule has 0 saturated carbocycles. The molecule has 0 aliphatic carbocycles. The van der Waals surface area contributed by atoms with Crippen LogP contribution in [0.15, 0.2) is 43.5 Å². The first-order valence-corrected chi connectivity index (χ1v) is 17.9. The van der Waals surface area contributed by atoms with Crippen molar-refractivity contribution in [3.63, 3.8) is 0 Å². The Balaban J connectivity index is 1.94. The Morgan fingerprint density at radius 3 is 1.94 bits per heavy atom. The predicted octanol–water partition coefficient (Wildman–Crippen LogP) is 3.52. The lowest BCUT2D eigenvalue weighted by Gasteiger charge is -2.44. The van der Waals surface area contributed by atoms with Gasteiger partial charge in [0.05, 0.1) is 18.4 Å². The molecule has 16 heteroatoms. The molecule has 2 aliphatic heterocycles. The highest BCUT2D eigenvalue weighted by Gasteiger charge is 2.53. The van der Waals surface area contributed by atoms with Crippen molar-refractivity contribution < 1.29 is 62.2 Å². The SMILES string of the molecule is C=CC[C@@H](CC(=O)NCCCC)C(=O)O[C@@H]1[C@H](OC(=O)[C@H](CC=C)CC(=O)NCCCC)[C@@H](OC)O[C@H](CO)[C@H]1OC(=O)Nc1ccc2c(c1)OCO2. The third-order valence-electron chi connectivity index (χ3n) is 8.51. The number of hydrogen-bond acceptors (Lipinski definition) is 13. The Bertz CT molecular complexity index is 1410. The highest BCUT2D eigenvalue weighted by Crippen LogP contribution is 2.35. The van der Waals surface area contributed by atoms with E-state index < -0.39 is 67.2 Å². The van der Waals surface area contributed by atoms with Crippen LogP contribution in [0.1, 0.15) is 65.2 Å². The average Bonchev–Trinajstić information content (AvgIpc) is 3.60. The monoisotopic (exact) mass is 747 g/mol. The standard InChI is InChI=1S/C37H53N3O13/c1-6-10-16-38-29(42)18-23(12-8-3)34(44)51-32-31(53-37(46)40-25-14-15-26-27(20-25)49-22-48-26)28(21-41)50-36(47-5)33(32)52-35(45)24(13-9-4)19-30(43)39-17-11-7-2/h8-9,14-15,20,23-24,28,31-33,36,41H,3-4,6-7,10-13,16-19,21-22H2,1-2,5H3,(H,38,42)(H,39,43)(H,40,46)/t23-,24+,28+,31+,32-,33-,36-/m0/s1. The number of unbranched alkanes of at least 4 members (excludes halogenated alkanes) is 2. The van der Waals surface area contributed by atoms with E-state index in [1.54, 1.807) is 12.1 Å². The Morgan fingerprint density at radius 1 is 0.849 bits per heavy atom. The van der Waals surface area contributed by atoms with Crippen LogP contribution in [0, 0.1) is 11.8 Å². The quantitative estimate of drug-likeness (QED) is 0.0581. The first kappa shape index (κ1) is 42.7. The van der Waals surface area contributed by atoms with Gasteiger partial charge in [-0.2, -0.15) is 0 Å². The molecule has 7 atom stereocenters. The fourth-order valence-corrected chi connectivity index (χ4v) is 5.65. The largest absolute Gasteiger partial charge is 0.454 e. The van der Waals surface area contributed by atoms with Crippen molar-refractivity contribution in [2.75, 3.05) is 38.9 Å². The number of carbonyl (C=O) groups excluding carboxylic acids is 5. The first-order chi connectivity index (χ1) is 25.6. The van der Waals surface area contributed by atoms with Crippen molar-refractivity contribution >= 4 is 35.5 Å². The van der Waals surface area contributed by atoms with Gasteiger partial charge in [0, 0.05) is 44.8 Å². The number of esters is 2. The number of ether oxygens (including phenoxy) is 7. The number of allylic oxidation sites excluding steroid dienone is 2. The lowest BCUT2D eigenvalue weighted by Crippen LogP contribution is -2.63. The molecule has 1 aromatic rings. The summed E-state index contributed by atoms with van der Waals surface area (Å²) in [6, 6.07) is 4.64. The highest BCUT2D eigenvalue weighted by atomic mass is 16.7. The molecule has 16 nitrogen and oxygen atoms in total. The van der Waals surface area contributed by atoms with Crippen LogP contribution in [0.3, 0.4) is 0 Å². The number of hydrogen-bond donors (Lipinski definition) is 4. The lowest BCUT2D eigenvalue weighted by molar-refractivity contribution is -0.300. The smallest absolute Gasteiger partial charge is 0.412 e. The zero-order valence-electron chi connectivity index (χ0n) is 30.7. The van der Waals surface area contributed by atoms with Crippen molar-refractivity contribution in [2.45, 2.75) is 95.9 Å². The van der Waals surface area contributed by atoms with E-state index >= 15 is 0 Å². The number of nitrogens with one attached hydrogen (secondary N) is 3. The molecular weight excluding hydrogens is 694 g/mol. The normalized spacial score (nSPS) is 21.3. The molecule has 2 aliphatic rings. The minimum absolute atomic E-state index is 0.0130. The second-order valence-electron chi connectivity index (χ2n) is 12.6. The van der Waals surface area contributed by atoms with Crippen LogP contribution >= 0.6 is 0 Å². The summed E-state index contributed by atoms with van der Waals surface area (Å²) in [4.78, 5) is 66.3. The van der Waals surface area contributed by atoms with Crippen molar-refractivity contribution in [3.05, 3.63) is 43.5 Å². The Hall–Kier alpha value is -4.67. The van der Waals surface area contributed by atoms with E-state index in [2.05, 4.69) is 29.1 Å². The fourth-order valence-electron chi connectivity index (χ4n) is 5.65. The van der Waals surface area contributed by atoms with Gasteiger partial charge in [-0.1, -0.05) is 38.8 Å². The Morgan fingerprint density at radius 2 is 1.42 bits per heavy atom. The summed E-state index contributed by atoms with van der Waals surface area (Å²) in [6.07, 6.45) is -2.76. The number of methoxy groups -OCH3 is 1. The van der Waals surface area contributed by atoms with Crippen molar-refractivity contribution in [1.29, 1.82) is 0 Å². The number of aliphatic hydroxyl groups is 1. The van der Waals surface area contributed by atoms with Gasteiger partial charge in [0.2, 0.25) is 18.6 Å². The van der Waals surface area contributed by atoms with Gasteiger partial charge in [-0.25, -0.2) is 4.79 Å². The molecule has 2 heterocycles. The second kappa shape index (κ2) is 22.4. The van der Waals surface area contributed by atoms with Crippen LogP contribution in [0.25, 0.3) is 0 Å². The van der Waals surface area contributed by atoms with E-state index in [1.807, 2.05) is 13.8 Å². The number of aliphatic hydroxyl groups excluding tert-OH is 1. The van der Waals surface area contributed by atoms with Crippen molar-refractivity contribution in [1.82, 2.24) is 10.6 Å². The highest BCUT2D eigenvalue weighted by molar-refractivity contribution is 5.86. The molecule has 0 unspecified atom stereocenters. The topological polar surface area (TPSA) is 206 Å². The van der Waals surface area contributed by atoms with Gasteiger partial charge in [0.25, 0.3) is 0 Å². The van der Waals surface area contributed by atoms with E-state index in [1.165, 1.54) is 25.3 Å². The van der Waals surface area contributed by atoms with Crippen LogP contribution in [-0.2, 0) is 42.9 Å². The molecule has 1 aromatic carbocycles. The molecule has 4 N–H and O–H groups in total. The zero-order valence-corrected chi connectivity index (χ0v) is 30.7. The fraction of sp³-hybridized carbons (Fsp3) is 0.595. The van der Waals surface area contributed by atoms with E-state index in [-0.39, 0.29) is 50.0 Å². The maximum absolute atomic E-state index is 13.8. The van der Waals surface area contributed by atoms with Crippen molar-refractivity contribution in [2.24, 2.45) is 11.8 Å². The predicted molar refractivity (Wildman–Crippen MR) is 191 cm³/mol. The summed E-state index contributed by atoms with van der Waals surface area (Å²) in [5, 5.41) is 18.5. The molecule has 294 valence electrons. The number of benzene rings is 1. The minimum atomic E-state index is -1.62. The van der Waals surface area contributed by atoms with Gasteiger partial charge in [0.1, 0.15) is 6.10 Å². The average molecular weight is 748 g/mol. The van der Waals surface area contributed by atoms with E-state index in [0.29, 0.717) is 24.6 Å². The number of carbonyl (C=O) groups is 5. The summed E-state index contributed by atoms with van der Waals surface area (Å²) in [5.41, 5.74) is 0.271. The van der Waals surface area contributed by atoms with Gasteiger partial charge in [-0.05, 0) is 37.8 Å². The van der Waals surface area contributed by atoms with Gasteiger partial charge in [-0.3, -0.25) is 24.5 Å². The third-order valence-corrected chi connectivity index (χ3v) is 8.51. The van der Waals surface area contributed by atoms with Gasteiger partial charge in [-0.15, -0.1) is 13.2 Å². The summed E-state index contributed by atoms with van der Waals surface area (Å²) < 4.78 is 39.7. The van der Waals surface area contributed by atoms with Gasteiger partial charge < -0.3 is 48.9 Å². The second-order valence-corrected chi connectivity index (χ2v) is 12.6. The molecule has 3 amide bonds. The van der Waals surface area contributed by atoms with E-state index in [0.717, 1.165) is 25.7 Å². The van der Waals surface area contributed by atoms with Crippen LogP contribution in [-0.4, -0.2) is 99.3 Å². The van der Waals surface area contributed by atoms with Crippen molar-refractivity contribution in [3.8, 4) is 11.5 Å². The van der Waals surface area contributed by atoms with Crippen LogP contribution in [0.2, 0.25) is 0 Å². The Labute approximate surface area is 309 Å². The molecule has 1 saturated heterocycles.